The van der Waals surface area contributed by atoms with Gasteiger partial charge in [-0.25, -0.2) is 9.07 Å². The van der Waals surface area contributed by atoms with Crippen molar-refractivity contribution < 1.29 is 19.0 Å². The van der Waals surface area contributed by atoms with Gasteiger partial charge in [-0.2, -0.15) is 0 Å². The number of carbonyl (C=O) groups is 1. The highest BCUT2D eigenvalue weighted by Crippen LogP contribution is 2.26. The SMILES string of the molecule is COc1ccccc1[C@H](O)Cn1cc(C(=O)Nc2ccc(F)cc2Br)nn1. The number of hydrogen-bond acceptors (Lipinski definition) is 5. The van der Waals surface area contributed by atoms with Crippen molar-refractivity contribution in [3.63, 3.8) is 0 Å². The van der Waals surface area contributed by atoms with Gasteiger partial charge in [0.25, 0.3) is 5.91 Å². The molecule has 7 nitrogen and oxygen atoms in total. The molecule has 1 atom stereocenters. The van der Waals surface area contributed by atoms with Crippen LogP contribution in [0.25, 0.3) is 0 Å². The van der Waals surface area contributed by atoms with Gasteiger partial charge in [-0.1, -0.05) is 23.4 Å². The number of halogens is 2. The summed E-state index contributed by atoms with van der Waals surface area (Å²) in [5.74, 6) is -0.360. The molecule has 0 bridgehead atoms. The Labute approximate surface area is 162 Å². The minimum absolute atomic E-state index is 0.0680. The molecule has 0 spiro atoms. The fourth-order valence-corrected chi connectivity index (χ4v) is 2.94. The number of ether oxygens (including phenoxy) is 1. The fourth-order valence-electron chi connectivity index (χ4n) is 2.49. The van der Waals surface area contributed by atoms with Crippen LogP contribution >= 0.6 is 15.9 Å². The van der Waals surface area contributed by atoms with E-state index >= 15 is 0 Å². The summed E-state index contributed by atoms with van der Waals surface area (Å²) in [6.45, 7) is 0.0981. The highest BCUT2D eigenvalue weighted by atomic mass is 79.9. The maximum absolute atomic E-state index is 13.1. The Balaban J connectivity index is 1.69. The molecule has 0 aliphatic carbocycles. The lowest BCUT2D eigenvalue weighted by atomic mass is 10.1. The first-order chi connectivity index (χ1) is 13.0. The summed E-state index contributed by atoms with van der Waals surface area (Å²) in [6, 6.07) is 11.0. The zero-order chi connectivity index (χ0) is 19.4. The number of nitrogens with zero attached hydrogens (tertiary/aromatic N) is 3. The highest BCUT2D eigenvalue weighted by molar-refractivity contribution is 9.10. The lowest BCUT2D eigenvalue weighted by Crippen LogP contribution is -2.13. The molecule has 1 aromatic heterocycles. The van der Waals surface area contributed by atoms with Gasteiger partial charge in [-0.05, 0) is 40.2 Å². The Kier molecular flexibility index (Phi) is 5.82. The lowest BCUT2D eigenvalue weighted by molar-refractivity contribution is 0.102. The van der Waals surface area contributed by atoms with Crippen molar-refractivity contribution in [1.29, 1.82) is 0 Å². The van der Waals surface area contributed by atoms with Crippen LogP contribution in [0, 0.1) is 5.82 Å². The topological polar surface area (TPSA) is 89.3 Å². The summed E-state index contributed by atoms with van der Waals surface area (Å²) in [5.41, 5.74) is 1.08. The van der Waals surface area contributed by atoms with Gasteiger partial charge in [-0.15, -0.1) is 5.10 Å². The predicted octanol–water partition coefficient (Wildman–Crippen LogP) is 3.17. The molecule has 2 N–H and O–H groups in total. The first-order valence-electron chi connectivity index (χ1n) is 7.95. The average molecular weight is 435 g/mol. The third kappa shape index (κ3) is 4.50. The number of aromatic nitrogens is 3. The standard InChI is InChI=1S/C18H16BrFN4O3/c1-27-17-5-3-2-4-12(17)16(25)10-24-9-15(22-23-24)18(26)21-14-7-6-11(20)8-13(14)19/h2-9,16,25H,10H2,1H3,(H,21,26)/t16-/m1/s1. The number of carbonyl (C=O) groups excluding carboxylic acids is 1. The highest BCUT2D eigenvalue weighted by Gasteiger charge is 2.17. The van der Waals surface area contributed by atoms with E-state index in [1.54, 1.807) is 24.3 Å². The quantitative estimate of drug-likeness (QED) is 0.621. The van der Waals surface area contributed by atoms with Crippen molar-refractivity contribution >= 4 is 27.5 Å². The number of amides is 1. The van der Waals surface area contributed by atoms with Crippen molar-refractivity contribution in [1.82, 2.24) is 15.0 Å². The van der Waals surface area contributed by atoms with Crippen LogP contribution < -0.4 is 10.1 Å². The second-order valence-electron chi connectivity index (χ2n) is 5.66. The molecule has 2 aromatic carbocycles. The lowest BCUT2D eigenvalue weighted by Gasteiger charge is -2.14. The molecule has 3 aromatic rings. The molecule has 0 saturated carbocycles. The monoisotopic (exact) mass is 434 g/mol. The van der Waals surface area contributed by atoms with E-state index in [4.69, 9.17) is 4.74 Å². The van der Waals surface area contributed by atoms with Gasteiger partial charge >= 0.3 is 0 Å². The number of hydrogen-bond donors (Lipinski definition) is 2. The Hall–Kier alpha value is -2.78. The van der Waals surface area contributed by atoms with Crippen LogP contribution in [-0.2, 0) is 6.54 Å². The van der Waals surface area contributed by atoms with E-state index in [0.717, 1.165) is 0 Å². The number of methoxy groups -OCH3 is 1. The van der Waals surface area contributed by atoms with Gasteiger partial charge in [0.1, 0.15) is 17.7 Å². The molecule has 9 heteroatoms. The van der Waals surface area contributed by atoms with Crippen LogP contribution in [0.15, 0.2) is 53.1 Å². The van der Waals surface area contributed by atoms with Crippen LogP contribution in [0.5, 0.6) is 5.75 Å². The Morgan fingerprint density at radius 2 is 2.15 bits per heavy atom. The van der Waals surface area contributed by atoms with E-state index < -0.39 is 17.8 Å². The normalized spacial score (nSPS) is 11.9. The number of nitrogens with one attached hydrogen (secondary N) is 1. The van der Waals surface area contributed by atoms with Crippen molar-refractivity contribution in [2.75, 3.05) is 12.4 Å². The molecule has 1 heterocycles. The number of benzene rings is 2. The van der Waals surface area contributed by atoms with E-state index in [-0.39, 0.29) is 12.2 Å². The van der Waals surface area contributed by atoms with Crippen LogP contribution in [0.1, 0.15) is 22.2 Å². The number of aliphatic hydroxyl groups is 1. The molecule has 1 amide bonds. The van der Waals surface area contributed by atoms with E-state index in [2.05, 4.69) is 31.6 Å². The zero-order valence-electron chi connectivity index (χ0n) is 14.3. The molecular weight excluding hydrogens is 419 g/mol. The molecule has 0 radical (unpaired) electrons. The van der Waals surface area contributed by atoms with E-state index in [0.29, 0.717) is 21.5 Å². The third-order valence-electron chi connectivity index (χ3n) is 3.81. The summed E-state index contributed by atoms with van der Waals surface area (Å²) in [5, 5.41) is 20.7. The van der Waals surface area contributed by atoms with Crippen LogP contribution in [-0.4, -0.2) is 33.1 Å². The van der Waals surface area contributed by atoms with Gasteiger partial charge in [-0.3, -0.25) is 4.79 Å². The largest absolute Gasteiger partial charge is 0.496 e. The number of rotatable bonds is 6. The summed E-state index contributed by atoms with van der Waals surface area (Å²) < 4.78 is 20.1. The van der Waals surface area contributed by atoms with Crippen molar-refractivity contribution in [3.8, 4) is 5.75 Å². The second-order valence-corrected chi connectivity index (χ2v) is 6.52. The summed E-state index contributed by atoms with van der Waals surface area (Å²) >= 11 is 3.18. The molecular formula is C18H16BrFN4O3. The van der Waals surface area contributed by atoms with Crippen LogP contribution in [0.4, 0.5) is 10.1 Å². The van der Waals surface area contributed by atoms with Crippen LogP contribution in [0.3, 0.4) is 0 Å². The predicted molar refractivity (Wildman–Crippen MR) is 100 cm³/mol. The average Bonchev–Trinajstić information content (AvgIpc) is 3.12. The zero-order valence-corrected chi connectivity index (χ0v) is 15.9. The maximum Gasteiger partial charge on any atom is 0.277 e. The van der Waals surface area contributed by atoms with Gasteiger partial charge in [0.15, 0.2) is 5.69 Å². The summed E-state index contributed by atoms with van der Waals surface area (Å²) in [6.07, 6.45) is 0.538. The van der Waals surface area contributed by atoms with Gasteiger partial charge in [0.2, 0.25) is 0 Å². The molecule has 0 aliphatic heterocycles. The summed E-state index contributed by atoms with van der Waals surface area (Å²) in [4.78, 5) is 12.3. The van der Waals surface area contributed by atoms with Gasteiger partial charge < -0.3 is 15.2 Å². The van der Waals surface area contributed by atoms with Gasteiger partial charge in [0.05, 0.1) is 25.5 Å². The van der Waals surface area contributed by atoms with E-state index in [1.807, 2.05) is 0 Å². The first-order valence-corrected chi connectivity index (χ1v) is 8.74. The molecule has 0 saturated heterocycles. The fraction of sp³-hybridized carbons (Fsp3) is 0.167. The molecule has 0 fully saturated rings. The molecule has 140 valence electrons. The smallest absolute Gasteiger partial charge is 0.277 e. The Bertz CT molecular complexity index is 963. The molecule has 27 heavy (non-hydrogen) atoms. The Morgan fingerprint density at radius 3 is 2.89 bits per heavy atom. The summed E-state index contributed by atoms with van der Waals surface area (Å²) in [7, 11) is 1.52. The first kappa shape index (κ1) is 19.0. The third-order valence-corrected chi connectivity index (χ3v) is 4.46. The number of anilines is 1. The van der Waals surface area contributed by atoms with Crippen molar-refractivity contribution in [2.24, 2.45) is 0 Å². The van der Waals surface area contributed by atoms with Crippen LogP contribution in [0.2, 0.25) is 0 Å². The number of aliphatic hydroxyl groups excluding tert-OH is 1. The van der Waals surface area contributed by atoms with Crippen molar-refractivity contribution in [2.45, 2.75) is 12.6 Å². The molecule has 0 aliphatic rings. The van der Waals surface area contributed by atoms with Gasteiger partial charge in [0, 0.05) is 10.0 Å². The molecule has 3 rings (SSSR count). The van der Waals surface area contributed by atoms with E-state index in [1.165, 1.54) is 36.2 Å². The Morgan fingerprint density at radius 1 is 1.37 bits per heavy atom. The maximum atomic E-state index is 13.1. The second kappa shape index (κ2) is 8.28. The number of para-hydroxylation sites is 1. The van der Waals surface area contributed by atoms with Crippen molar-refractivity contribution in [3.05, 3.63) is 70.2 Å². The van der Waals surface area contributed by atoms with E-state index in [9.17, 15) is 14.3 Å². The minimum atomic E-state index is -0.884. The minimum Gasteiger partial charge on any atom is -0.496 e. The molecule has 0 unspecified atom stereocenters.